The Hall–Kier alpha value is 0.0700. The number of ether oxygens (including phenoxy) is 1. The van der Waals surface area contributed by atoms with E-state index in [4.69, 9.17) is 13.8 Å². The molecule has 0 rings (SSSR count). The van der Waals surface area contributed by atoms with Crippen molar-refractivity contribution in [3.8, 4) is 0 Å². The van der Waals surface area contributed by atoms with E-state index in [-0.39, 0.29) is 12.0 Å². The zero-order chi connectivity index (χ0) is 15.1. The van der Waals surface area contributed by atoms with Gasteiger partial charge in [0.15, 0.2) is 5.85 Å². The third-order valence-corrected chi connectivity index (χ3v) is 5.12. The smallest absolute Gasteiger partial charge is 0.359 e. The lowest BCUT2D eigenvalue weighted by Gasteiger charge is -2.31. The molecule has 0 aromatic carbocycles. The molecule has 0 aromatic heterocycles. The molecule has 0 amide bonds. The van der Waals surface area contributed by atoms with Gasteiger partial charge in [0.2, 0.25) is 0 Å². The van der Waals surface area contributed by atoms with E-state index < -0.39 is 19.5 Å². The molecule has 0 saturated carbocycles. The first-order valence-corrected chi connectivity index (χ1v) is 8.60. The molecular formula is C13H29O5P. The van der Waals surface area contributed by atoms with Crippen molar-refractivity contribution in [3.05, 3.63) is 0 Å². The van der Waals surface area contributed by atoms with Gasteiger partial charge < -0.3 is 18.9 Å². The second kappa shape index (κ2) is 9.09. The van der Waals surface area contributed by atoms with Gasteiger partial charge in [0.1, 0.15) is 0 Å². The van der Waals surface area contributed by atoms with Gasteiger partial charge in [-0.1, -0.05) is 13.8 Å². The van der Waals surface area contributed by atoms with Crippen LogP contribution in [0, 0.1) is 5.92 Å². The molecule has 0 bridgehead atoms. The Kier molecular flexibility index (Phi) is 9.12. The van der Waals surface area contributed by atoms with E-state index >= 15 is 0 Å². The molecule has 0 saturated heterocycles. The molecule has 116 valence electrons. The molecule has 6 heteroatoms. The van der Waals surface area contributed by atoms with Crippen molar-refractivity contribution >= 4 is 7.60 Å². The van der Waals surface area contributed by atoms with Gasteiger partial charge in [0.25, 0.3) is 0 Å². The molecule has 0 aliphatic carbocycles. The van der Waals surface area contributed by atoms with Crippen molar-refractivity contribution in [3.63, 3.8) is 0 Å². The molecule has 0 aromatic rings. The van der Waals surface area contributed by atoms with Crippen molar-refractivity contribution in [1.29, 1.82) is 0 Å². The summed E-state index contributed by atoms with van der Waals surface area (Å²) in [5.74, 6) is -0.610. The van der Waals surface area contributed by atoms with Crippen molar-refractivity contribution < 1.29 is 23.5 Å². The third-order valence-electron chi connectivity index (χ3n) is 2.54. The lowest BCUT2D eigenvalue weighted by atomic mass is 10.2. The Morgan fingerprint density at radius 2 is 1.53 bits per heavy atom. The standard InChI is InChI=1S/C13H29O5P/c1-7-16-19(15,17-8-2)13(10(3)4)18-12(6)9-11(5)14/h10-14H,7-9H2,1-6H3/t11-,12-,13+/m0/s1. The summed E-state index contributed by atoms with van der Waals surface area (Å²) in [5.41, 5.74) is 0. The Labute approximate surface area is 117 Å². The fraction of sp³-hybridized carbons (Fsp3) is 1.00. The Morgan fingerprint density at radius 1 is 1.05 bits per heavy atom. The average molecular weight is 296 g/mol. The van der Waals surface area contributed by atoms with E-state index in [1.807, 2.05) is 20.8 Å². The monoisotopic (exact) mass is 296 g/mol. The quantitative estimate of drug-likeness (QED) is 0.626. The second-order valence-electron chi connectivity index (χ2n) is 5.04. The van der Waals surface area contributed by atoms with Gasteiger partial charge in [-0.05, 0) is 40.0 Å². The normalized spacial score (nSPS) is 17.5. The van der Waals surface area contributed by atoms with Gasteiger partial charge in [-0.15, -0.1) is 0 Å². The highest BCUT2D eigenvalue weighted by Gasteiger charge is 2.39. The summed E-state index contributed by atoms with van der Waals surface area (Å²) in [7, 11) is -3.29. The molecule has 0 fully saturated rings. The lowest BCUT2D eigenvalue weighted by Crippen LogP contribution is -2.28. The Balaban J connectivity index is 4.90. The van der Waals surface area contributed by atoms with E-state index in [9.17, 15) is 9.67 Å². The molecule has 0 aliphatic rings. The highest BCUT2D eigenvalue weighted by molar-refractivity contribution is 7.54. The molecule has 5 nitrogen and oxygen atoms in total. The van der Waals surface area contributed by atoms with Crippen molar-refractivity contribution in [2.24, 2.45) is 5.92 Å². The van der Waals surface area contributed by atoms with Crippen molar-refractivity contribution in [1.82, 2.24) is 0 Å². The summed E-state index contributed by atoms with van der Waals surface area (Å²) >= 11 is 0. The minimum absolute atomic E-state index is 0.000354. The first-order chi connectivity index (χ1) is 8.76. The SMILES string of the molecule is CCOP(=O)(OCC)[C@@H](O[C@@H](C)C[C@H](C)O)C(C)C. The fourth-order valence-corrected chi connectivity index (χ4v) is 4.09. The predicted molar refractivity (Wildman–Crippen MR) is 76.3 cm³/mol. The average Bonchev–Trinajstić information content (AvgIpc) is 2.25. The predicted octanol–water partition coefficient (Wildman–Crippen LogP) is 3.41. The largest absolute Gasteiger partial charge is 0.393 e. The van der Waals surface area contributed by atoms with Crippen LogP contribution in [0.1, 0.15) is 48.0 Å². The Morgan fingerprint density at radius 3 is 1.84 bits per heavy atom. The zero-order valence-corrected chi connectivity index (χ0v) is 13.9. The minimum Gasteiger partial charge on any atom is -0.393 e. The van der Waals surface area contributed by atoms with Crippen LogP contribution in [0.2, 0.25) is 0 Å². The number of hydrogen-bond donors (Lipinski definition) is 1. The molecule has 0 heterocycles. The highest BCUT2D eigenvalue weighted by Crippen LogP contribution is 2.56. The molecule has 0 unspecified atom stereocenters. The number of aliphatic hydroxyl groups excluding tert-OH is 1. The maximum Gasteiger partial charge on any atom is 0.359 e. The maximum absolute atomic E-state index is 12.7. The van der Waals surface area contributed by atoms with Crippen molar-refractivity contribution in [2.75, 3.05) is 13.2 Å². The van der Waals surface area contributed by atoms with Gasteiger partial charge in [0.05, 0.1) is 25.4 Å². The maximum atomic E-state index is 12.7. The van der Waals surface area contributed by atoms with Gasteiger partial charge >= 0.3 is 7.60 Å². The van der Waals surface area contributed by atoms with E-state index in [1.165, 1.54) is 0 Å². The van der Waals surface area contributed by atoms with Crippen LogP contribution in [0.25, 0.3) is 0 Å². The van der Waals surface area contributed by atoms with E-state index in [2.05, 4.69) is 0 Å². The summed E-state index contributed by atoms with van der Waals surface area (Å²) < 4.78 is 29.3. The summed E-state index contributed by atoms with van der Waals surface area (Å²) in [6, 6.07) is 0. The van der Waals surface area contributed by atoms with Gasteiger partial charge in [-0.25, -0.2) is 0 Å². The molecule has 0 radical (unpaired) electrons. The molecular weight excluding hydrogens is 267 g/mol. The first-order valence-electron chi connectivity index (χ1n) is 6.99. The van der Waals surface area contributed by atoms with Crippen LogP contribution in [-0.2, 0) is 18.3 Å². The van der Waals surface area contributed by atoms with Crippen molar-refractivity contribution in [2.45, 2.75) is 66.0 Å². The summed E-state index contributed by atoms with van der Waals surface area (Å²) in [4.78, 5) is 0. The van der Waals surface area contributed by atoms with E-state index in [0.29, 0.717) is 19.6 Å². The van der Waals surface area contributed by atoms with E-state index in [0.717, 1.165) is 0 Å². The molecule has 0 aliphatic heterocycles. The van der Waals surface area contributed by atoms with Crippen LogP contribution in [0.4, 0.5) is 0 Å². The number of aliphatic hydroxyl groups is 1. The summed E-state index contributed by atoms with van der Waals surface area (Å²) in [5, 5.41) is 9.37. The van der Waals surface area contributed by atoms with Gasteiger partial charge in [-0.3, -0.25) is 4.57 Å². The fourth-order valence-electron chi connectivity index (χ4n) is 1.91. The number of hydrogen-bond acceptors (Lipinski definition) is 5. The summed E-state index contributed by atoms with van der Waals surface area (Å²) in [6.45, 7) is 11.6. The van der Waals surface area contributed by atoms with Crippen LogP contribution < -0.4 is 0 Å². The van der Waals surface area contributed by atoms with Crippen LogP contribution >= 0.6 is 7.60 Å². The van der Waals surface area contributed by atoms with Crippen LogP contribution in [0.5, 0.6) is 0 Å². The minimum atomic E-state index is -3.29. The molecule has 19 heavy (non-hydrogen) atoms. The topological polar surface area (TPSA) is 65.0 Å². The van der Waals surface area contributed by atoms with Gasteiger partial charge in [-0.2, -0.15) is 0 Å². The molecule has 1 N–H and O–H groups in total. The molecule has 0 spiro atoms. The summed E-state index contributed by atoms with van der Waals surface area (Å²) in [6.07, 6.45) is -0.176. The lowest BCUT2D eigenvalue weighted by molar-refractivity contribution is -0.0218. The first kappa shape index (κ1) is 19.1. The van der Waals surface area contributed by atoms with Crippen LogP contribution in [0.3, 0.4) is 0 Å². The second-order valence-corrected chi connectivity index (χ2v) is 7.15. The van der Waals surface area contributed by atoms with E-state index in [1.54, 1.807) is 20.8 Å². The molecule has 3 atom stereocenters. The zero-order valence-electron chi connectivity index (χ0n) is 13.0. The Bertz CT molecular complexity index is 270. The third kappa shape index (κ3) is 6.87. The van der Waals surface area contributed by atoms with Gasteiger partial charge in [0, 0.05) is 0 Å². The van der Waals surface area contributed by atoms with Crippen LogP contribution in [0.15, 0.2) is 0 Å². The highest BCUT2D eigenvalue weighted by atomic mass is 31.2. The van der Waals surface area contributed by atoms with Crippen LogP contribution in [-0.4, -0.2) is 36.4 Å². The number of rotatable bonds is 10.